The average molecular weight is 298 g/mol. The Morgan fingerprint density at radius 2 is 2.18 bits per heavy atom. The quantitative estimate of drug-likeness (QED) is 0.826. The van der Waals surface area contributed by atoms with Gasteiger partial charge in [0.15, 0.2) is 0 Å². The van der Waals surface area contributed by atoms with Crippen molar-refractivity contribution in [3.05, 3.63) is 39.6 Å². The summed E-state index contributed by atoms with van der Waals surface area (Å²) in [6, 6.07) is 5.17. The van der Waals surface area contributed by atoms with Crippen molar-refractivity contribution in [2.75, 3.05) is 13.1 Å². The molecular weight excluding hydrogens is 281 g/mol. The highest BCUT2D eigenvalue weighted by atomic mass is 79.9. The Morgan fingerprint density at radius 1 is 1.41 bits per heavy atom. The molecule has 1 saturated heterocycles. The zero-order valence-electron chi connectivity index (χ0n) is 10.2. The van der Waals surface area contributed by atoms with Crippen LogP contribution in [-0.2, 0) is 0 Å². The zero-order valence-corrected chi connectivity index (χ0v) is 11.8. The number of piperidine rings is 1. The molecular formula is C14H17BrFN. The Labute approximate surface area is 110 Å². The van der Waals surface area contributed by atoms with E-state index in [4.69, 9.17) is 0 Å². The van der Waals surface area contributed by atoms with E-state index in [1.807, 2.05) is 6.07 Å². The van der Waals surface area contributed by atoms with Crippen LogP contribution in [0.15, 0.2) is 28.2 Å². The summed E-state index contributed by atoms with van der Waals surface area (Å²) in [5, 5.41) is 3.39. The zero-order chi connectivity index (χ0) is 12.5. The lowest BCUT2D eigenvalue weighted by atomic mass is 9.79. The predicted octanol–water partition coefficient (Wildman–Crippen LogP) is 3.99. The van der Waals surface area contributed by atoms with Crippen LogP contribution >= 0.6 is 15.9 Å². The van der Waals surface area contributed by atoms with Crippen molar-refractivity contribution in [1.82, 2.24) is 5.32 Å². The lowest BCUT2D eigenvalue weighted by Crippen LogP contribution is -2.37. The molecule has 3 heteroatoms. The summed E-state index contributed by atoms with van der Waals surface area (Å²) in [6.07, 6.45) is 3.14. The number of hydrogen-bond donors (Lipinski definition) is 1. The fourth-order valence-corrected chi connectivity index (χ4v) is 2.54. The van der Waals surface area contributed by atoms with Crippen molar-refractivity contribution in [2.45, 2.75) is 20.3 Å². The van der Waals surface area contributed by atoms with Crippen LogP contribution in [0.3, 0.4) is 0 Å². The van der Waals surface area contributed by atoms with E-state index in [2.05, 4.69) is 41.2 Å². The number of rotatable bonds is 1. The van der Waals surface area contributed by atoms with Gasteiger partial charge in [0.2, 0.25) is 0 Å². The van der Waals surface area contributed by atoms with Gasteiger partial charge in [0.1, 0.15) is 5.82 Å². The molecule has 0 amide bonds. The maximum Gasteiger partial charge on any atom is 0.137 e. The van der Waals surface area contributed by atoms with Gasteiger partial charge in [0, 0.05) is 6.54 Å². The number of hydrogen-bond acceptors (Lipinski definition) is 1. The molecule has 0 spiro atoms. The van der Waals surface area contributed by atoms with Crippen molar-refractivity contribution in [1.29, 1.82) is 0 Å². The summed E-state index contributed by atoms with van der Waals surface area (Å²) >= 11 is 3.31. The molecule has 1 nitrogen and oxygen atoms in total. The van der Waals surface area contributed by atoms with Crippen molar-refractivity contribution in [2.24, 2.45) is 5.41 Å². The largest absolute Gasteiger partial charge is 0.316 e. The van der Waals surface area contributed by atoms with Crippen LogP contribution in [0.5, 0.6) is 0 Å². The predicted molar refractivity (Wildman–Crippen MR) is 73.3 cm³/mol. The van der Waals surface area contributed by atoms with Crippen molar-refractivity contribution < 1.29 is 4.39 Å². The van der Waals surface area contributed by atoms with E-state index in [1.54, 1.807) is 6.07 Å². The van der Waals surface area contributed by atoms with Crippen molar-refractivity contribution in [3.63, 3.8) is 0 Å². The molecule has 1 aliphatic heterocycles. The smallest absolute Gasteiger partial charge is 0.137 e. The molecule has 17 heavy (non-hydrogen) atoms. The van der Waals surface area contributed by atoms with E-state index in [9.17, 15) is 4.39 Å². The lowest BCUT2D eigenvalue weighted by molar-refractivity contribution is 0.360. The number of nitrogens with one attached hydrogen (secondary N) is 1. The van der Waals surface area contributed by atoms with E-state index in [0.717, 1.165) is 25.1 Å². The summed E-state index contributed by atoms with van der Waals surface area (Å²) in [4.78, 5) is 0. The first-order valence-electron chi connectivity index (χ1n) is 5.86. The van der Waals surface area contributed by atoms with E-state index < -0.39 is 0 Å². The molecule has 0 radical (unpaired) electrons. The van der Waals surface area contributed by atoms with Gasteiger partial charge in [-0.05, 0) is 45.9 Å². The van der Waals surface area contributed by atoms with Crippen LogP contribution in [0.2, 0.25) is 0 Å². The van der Waals surface area contributed by atoms with Crippen LogP contribution in [0, 0.1) is 11.2 Å². The molecule has 0 aromatic heterocycles. The van der Waals surface area contributed by atoms with Gasteiger partial charge in [-0.2, -0.15) is 0 Å². The summed E-state index contributed by atoms with van der Waals surface area (Å²) in [5.74, 6) is -0.203. The van der Waals surface area contributed by atoms with Crippen molar-refractivity contribution >= 4 is 22.0 Å². The van der Waals surface area contributed by atoms with Gasteiger partial charge in [0.05, 0.1) is 4.47 Å². The first-order valence-corrected chi connectivity index (χ1v) is 6.66. The summed E-state index contributed by atoms with van der Waals surface area (Å²) in [7, 11) is 0. The van der Waals surface area contributed by atoms with Crippen LogP contribution in [0.4, 0.5) is 4.39 Å². The van der Waals surface area contributed by atoms with E-state index in [1.165, 1.54) is 11.6 Å². The van der Waals surface area contributed by atoms with Gasteiger partial charge in [-0.25, -0.2) is 4.39 Å². The van der Waals surface area contributed by atoms with Gasteiger partial charge >= 0.3 is 0 Å². The highest BCUT2D eigenvalue weighted by Crippen LogP contribution is 2.34. The Bertz CT molecular complexity index is 452. The van der Waals surface area contributed by atoms with Gasteiger partial charge in [-0.15, -0.1) is 0 Å². The van der Waals surface area contributed by atoms with E-state index in [0.29, 0.717) is 4.47 Å². The third-order valence-corrected chi connectivity index (χ3v) is 4.16. The molecule has 1 aromatic rings. The molecule has 0 unspecified atom stereocenters. The Kier molecular flexibility index (Phi) is 3.69. The first-order chi connectivity index (χ1) is 8.00. The van der Waals surface area contributed by atoms with Crippen LogP contribution in [0.25, 0.3) is 6.08 Å². The van der Waals surface area contributed by atoms with Gasteiger partial charge in [0.25, 0.3) is 0 Å². The third kappa shape index (κ3) is 2.78. The second-order valence-electron chi connectivity index (χ2n) is 5.12. The summed E-state index contributed by atoms with van der Waals surface area (Å²) < 4.78 is 14.0. The monoisotopic (exact) mass is 297 g/mol. The number of halogens is 2. The average Bonchev–Trinajstić information content (AvgIpc) is 2.27. The second-order valence-corrected chi connectivity index (χ2v) is 5.92. The summed E-state index contributed by atoms with van der Waals surface area (Å²) in [5.41, 5.74) is 2.45. The minimum absolute atomic E-state index is 0.143. The SMILES string of the molecule is CC1(C)CNCC/C1=C\c1cccc(F)c1Br. The molecule has 1 N–H and O–H groups in total. The maximum atomic E-state index is 13.4. The van der Waals surface area contributed by atoms with Crippen molar-refractivity contribution in [3.8, 4) is 0 Å². The molecule has 0 atom stereocenters. The van der Waals surface area contributed by atoms with Crippen LogP contribution in [0.1, 0.15) is 25.8 Å². The maximum absolute atomic E-state index is 13.4. The molecule has 1 fully saturated rings. The Morgan fingerprint density at radius 3 is 2.88 bits per heavy atom. The van der Waals surface area contributed by atoms with Gasteiger partial charge in [-0.1, -0.05) is 37.6 Å². The molecule has 2 rings (SSSR count). The molecule has 92 valence electrons. The topological polar surface area (TPSA) is 12.0 Å². The standard InChI is InChI=1S/C14H17BrFN/c1-14(2)9-17-7-6-11(14)8-10-4-3-5-12(16)13(10)15/h3-5,8,17H,6-7,9H2,1-2H3/b11-8+. The first kappa shape index (κ1) is 12.8. The Hall–Kier alpha value is -0.670. The van der Waals surface area contributed by atoms with Gasteiger partial charge < -0.3 is 5.32 Å². The highest BCUT2D eigenvalue weighted by molar-refractivity contribution is 9.10. The van der Waals surface area contributed by atoms with Crippen LogP contribution < -0.4 is 5.32 Å². The second kappa shape index (κ2) is 4.91. The normalized spacial score (nSPS) is 21.8. The minimum Gasteiger partial charge on any atom is -0.316 e. The number of benzene rings is 1. The summed E-state index contributed by atoms with van der Waals surface area (Å²) in [6.45, 7) is 6.42. The molecule has 1 heterocycles. The van der Waals surface area contributed by atoms with E-state index >= 15 is 0 Å². The van der Waals surface area contributed by atoms with Gasteiger partial charge in [-0.3, -0.25) is 0 Å². The van der Waals surface area contributed by atoms with E-state index in [-0.39, 0.29) is 11.2 Å². The highest BCUT2D eigenvalue weighted by Gasteiger charge is 2.26. The lowest BCUT2D eigenvalue weighted by Gasteiger charge is -2.33. The molecule has 0 saturated carbocycles. The Balaban J connectivity index is 2.38. The molecule has 0 bridgehead atoms. The molecule has 0 aliphatic carbocycles. The van der Waals surface area contributed by atoms with Crippen LogP contribution in [-0.4, -0.2) is 13.1 Å². The fraction of sp³-hybridized carbons (Fsp3) is 0.429. The minimum atomic E-state index is -0.203. The molecule has 1 aromatic carbocycles. The third-order valence-electron chi connectivity index (χ3n) is 3.32. The molecule has 1 aliphatic rings. The fourth-order valence-electron chi connectivity index (χ4n) is 2.16.